The molecule has 0 radical (unpaired) electrons. The average Bonchev–Trinajstić information content (AvgIpc) is 3.15. The topological polar surface area (TPSA) is 63.7 Å². The van der Waals surface area contributed by atoms with Crippen molar-refractivity contribution in [2.24, 2.45) is 5.41 Å². The van der Waals surface area contributed by atoms with E-state index in [1.54, 1.807) is 6.20 Å². The molecule has 6 heteroatoms. The Morgan fingerprint density at radius 3 is 2.69 bits per heavy atom. The first kappa shape index (κ1) is 19.1. The van der Waals surface area contributed by atoms with E-state index in [2.05, 4.69) is 22.1 Å². The number of hydrogen-bond donors (Lipinski definition) is 1. The molecular formula is C20H31N3O3. The summed E-state index contributed by atoms with van der Waals surface area (Å²) in [5, 5.41) is 3.07. The van der Waals surface area contributed by atoms with Crippen molar-refractivity contribution in [1.82, 2.24) is 9.88 Å². The van der Waals surface area contributed by atoms with Crippen LogP contribution in [0.4, 0.5) is 5.82 Å². The predicted molar refractivity (Wildman–Crippen MR) is 101 cm³/mol. The van der Waals surface area contributed by atoms with E-state index in [1.165, 1.54) is 0 Å². The molecule has 0 bridgehead atoms. The van der Waals surface area contributed by atoms with Gasteiger partial charge in [-0.1, -0.05) is 19.8 Å². The van der Waals surface area contributed by atoms with Crippen LogP contribution in [0, 0.1) is 5.41 Å². The highest BCUT2D eigenvalue weighted by molar-refractivity contribution is 5.94. The highest BCUT2D eigenvalue weighted by Crippen LogP contribution is 2.41. The first-order valence-electron chi connectivity index (χ1n) is 9.90. The number of pyridine rings is 1. The number of nitrogens with zero attached hydrogens (tertiary/aromatic N) is 2. The van der Waals surface area contributed by atoms with E-state index in [1.807, 2.05) is 13.0 Å². The Labute approximate surface area is 156 Å². The summed E-state index contributed by atoms with van der Waals surface area (Å²) in [5.74, 6) is 1.54. The van der Waals surface area contributed by atoms with Gasteiger partial charge in [0, 0.05) is 30.6 Å². The smallest absolute Gasteiger partial charge is 0.231 e. The second kappa shape index (κ2) is 8.82. The second-order valence-corrected chi connectivity index (χ2v) is 7.29. The molecule has 1 aliphatic carbocycles. The zero-order chi connectivity index (χ0) is 18.4. The molecule has 0 spiro atoms. The monoisotopic (exact) mass is 361 g/mol. The summed E-state index contributed by atoms with van der Waals surface area (Å²) in [6.45, 7) is 8.81. The lowest BCUT2D eigenvalue weighted by Crippen LogP contribution is -2.36. The van der Waals surface area contributed by atoms with Crippen molar-refractivity contribution in [2.75, 3.05) is 38.2 Å². The van der Waals surface area contributed by atoms with E-state index in [0.717, 1.165) is 76.3 Å². The fraction of sp³-hybridized carbons (Fsp3) is 0.700. The molecule has 0 atom stereocenters. The van der Waals surface area contributed by atoms with Gasteiger partial charge >= 0.3 is 0 Å². The van der Waals surface area contributed by atoms with Gasteiger partial charge in [0.1, 0.15) is 11.6 Å². The van der Waals surface area contributed by atoms with Crippen LogP contribution in [-0.4, -0.2) is 48.7 Å². The lowest BCUT2D eigenvalue weighted by Gasteiger charge is -2.28. The van der Waals surface area contributed by atoms with E-state index in [0.29, 0.717) is 12.4 Å². The van der Waals surface area contributed by atoms with Crippen LogP contribution in [0.3, 0.4) is 0 Å². The third kappa shape index (κ3) is 4.35. The number of anilines is 1. The summed E-state index contributed by atoms with van der Waals surface area (Å²) in [7, 11) is 0. The molecule has 6 nitrogen and oxygen atoms in total. The van der Waals surface area contributed by atoms with Gasteiger partial charge in [0.05, 0.1) is 26.0 Å². The number of carbonyl (C=O) groups is 1. The van der Waals surface area contributed by atoms with Crippen LogP contribution in [0.25, 0.3) is 0 Å². The lowest BCUT2D eigenvalue weighted by molar-refractivity contribution is -0.125. The van der Waals surface area contributed by atoms with E-state index in [9.17, 15) is 4.79 Å². The Morgan fingerprint density at radius 1 is 1.31 bits per heavy atom. The quantitative estimate of drug-likeness (QED) is 0.808. The van der Waals surface area contributed by atoms with Crippen LogP contribution >= 0.6 is 0 Å². The highest BCUT2D eigenvalue weighted by Gasteiger charge is 2.39. The number of nitrogens with one attached hydrogen (secondary N) is 1. The molecule has 3 rings (SSSR count). The molecule has 0 aromatic carbocycles. The van der Waals surface area contributed by atoms with Crippen molar-refractivity contribution in [3.8, 4) is 5.75 Å². The third-order valence-electron chi connectivity index (χ3n) is 5.71. The summed E-state index contributed by atoms with van der Waals surface area (Å²) in [4.78, 5) is 19.6. The molecule has 1 amide bonds. The average molecular weight is 361 g/mol. The molecule has 1 aromatic rings. The number of carbonyl (C=O) groups excluding carboxylic acids is 1. The molecule has 2 fully saturated rings. The van der Waals surface area contributed by atoms with Crippen molar-refractivity contribution in [2.45, 2.75) is 52.5 Å². The first-order chi connectivity index (χ1) is 12.7. The van der Waals surface area contributed by atoms with Crippen molar-refractivity contribution >= 4 is 11.7 Å². The Morgan fingerprint density at radius 2 is 2.04 bits per heavy atom. The molecule has 1 aromatic heterocycles. The molecular weight excluding hydrogens is 330 g/mol. The number of ether oxygens (including phenoxy) is 2. The van der Waals surface area contributed by atoms with Crippen molar-refractivity contribution in [1.29, 1.82) is 0 Å². The normalized spacial score (nSPS) is 20.1. The lowest BCUT2D eigenvalue weighted by atomic mass is 9.82. The molecule has 144 valence electrons. The van der Waals surface area contributed by atoms with Crippen LogP contribution in [0.5, 0.6) is 5.75 Å². The maximum Gasteiger partial charge on any atom is 0.231 e. The number of aromatic nitrogens is 1. The van der Waals surface area contributed by atoms with E-state index >= 15 is 0 Å². The summed E-state index contributed by atoms with van der Waals surface area (Å²) in [6.07, 6.45) is 6.86. The van der Waals surface area contributed by atoms with Gasteiger partial charge in [0.15, 0.2) is 0 Å². The zero-order valence-corrected chi connectivity index (χ0v) is 16.1. The molecule has 0 unspecified atom stereocenters. The maximum atomic E-state index is 12.9. The molecule has 1 N–H and O–H groups in total. The van der Waals surface area contributed by atoms with Crippen LogP contribution in [0.1, 0.15) is 51.5 Å². The molecule has 2 heterocycles. The Balaban J connectivity index is 1.74. The van der Waals surface area contributed by atoms with Crippen LogP contribution in [-0.2, 0) is 16.1 Å². The fourth-order valence-electron chi connectivity index (χ4n) is 4.00. The van der Waals surface area contributed by atoms with Crippen LogP contribution in [0.2, 0.25) is 0 Å². The van der Waals surface area contributed by atoms with Gasteiger partial charge in [0.25, 0.3) is 0 Å². The minimum atomic E-state index is -0.218. The SMILES string of the molecule is CCOc1cnc(NC(=O)C2(CC)CCCC2)cc1CN1CCOCC1. The Bertz CT molecular complexity index is 608. The molecule has 26 heavy (non-hydrogen) atoms. The van der Waals surface area contributed by atoms with Gasteiger partial charge in [-0.25, -0.2) is 4.98 Å². The van der Waals surface area contributed by atoms with E-state index in [-0.39, 0.29) is 11.3 Å². The van der Waals surface area contributed by atoms with Crippen LogP contribution < -0.4 is 10.1 Å². The summed E-state index contributed by atoms with van der Waals surface area (Å²) in [6, 6.07) is 1.97. The van der Waals surface area contributed by atoms with Gasteiger partial charge in [-0.2, -0.15) is 0 Å². The van der Waals surface area contributed by atoms with Crippen LogP contribution in [0.15, 0.2) is 12.3 Å². The van der Waals surface area contributed by atoms with Gasteiger partial charge in [-0.15, -0.1) is 0 Å². The van der Waals surface area contributed by atoms with Gasteiger partial charge < -0.3 is 14.8 Å². The standard InChI is InChI=1S/C20H31N3O3/c1-3-20(7-5-6-8-20)19(24)22-18-13-16(17(14-21-18)26-4-2)15-23-9-11-25-12-10-23/h13-14H,3-12,15H2,1-2H3,(H,21,22,24). The Kier molecular flexibility index (Phi) is 6.48. The molecule has 1 aliphatic heterocycles. The van der Waals surface area contributed by atoms with Gasteiger partial charge in [0.2, 0.25) is 5.91 Å². The summed E-state index contributed by atoms with van der Waals surface area (Å²) in [5.41, 5.74) is 0.848. The first-order valence-corrected chi connectivity index (χ1v) is 9.90. The number of morpholine rings is 1. The third-order valence-corrected chi connectivity index (χ3v) is 5.71. The second-order valence-electron chi connectivity index (χ2n) is 7.29. The zero-order valence-electron chi connectivity index (χ0n) is 16.1. The Hall–Kier alpha value is -1.66. The van der Waals surface area contributed by atoms with Crippen molar-refractivity contribution in [3.05, 3.63) is 17.8 Å². The van der Waals surface area contributed by atoms with E-state index < -0.39 is 0 Å². The summed E-state index contributed by atoms with van der Waals surface area (Å²) >= 11 is 0. The number of hydrogen-bond acceptors (Lipinski definition) is 5. The summed E-state index contributed by atoms with van der Waals surface area (Å²) < 4.78 is 11.2. The van der Waals surface area contributed by atoms with Gasteiger partial charge in [-0.3, -0.25) is 9.69 Å². The van der Waals surface area contributed by atoms with Crippen molar-refractivity contribution in [3.63, 3.8) is 0 Å². The predicted octanol–water partition coefficient (Wildman–Crippen LogP) is 3.22. The number of amides is 1. The number of rotatable bonds is 7. The molecule has 1 saturated heterocycles. The molecule has 2 aliphatic rings. The minimum Gasteiger partial charge on any atom is -0.492 e. The maximum absolute atomic E-state index is 12.9. The minimum absolute atomic E-state index is 0.117. The van der Waals surface area contributed by atoms with Gasteiger partial charge in [-0.05, 0) is 32.3 Å². The van der Waals surface area contributed by atoms with E-state index in [4.69, 9.17) is 9.47 Å². The highest BCUT2D eigenvalue weighted by atomic mass is 16.5. The fourth-order valence-corrected chi connectivity index (χ4v) is 4.00. The largest absolute Gasteiger partial charge is 0.492 e. The molecule has 1 saturated carbocycles. The van der Waals surface area contributed by atoms with Crippen molar-refractivity contribution < 1.29 is 14.3 Å².